The minimum atomic E-state index is -0.325. The largest absolute Gasteiger partial charge is 0.491 e. The maximum Gasteiger partial charge on any atom is 0.257 e. The van der Waals surface area contributed by atoms with Crippen LogP contribution in [0.2, 0.25) is 0 Å². The van der Waals surface area contributed by atoms with Crippen LogP contribution in [0.1, 0.15) is 15.9 Å². The molecule has 0 saturated carbocycles. The van der Waals surface area contributed by atoms with Crippen LogP contribution in [0, 0.1) is 11.6 Å². The number of ether oxygens (including phenoxy) is 1. The van der Waals surface area contributed by atoms with Crippen LogP contribution in [0.15, 0.2) is 66.7 Å². The van der Waals surface area contributed by atoms with Crippen LogP contribution in [-0.4, -0.2) is 30.5 Å². The number of fused-ring (bicyclic) bond motifs is 1. The fourth-order valence-electron chi connectivity index (χ4n) is 3.39. The van der Waals surface area contributed by atoms with Gasteiger partial charge >= 0.3 is 0 Å². The van der Waals surface area contributed by atoms with Gasteiger partial charge in [-0.1, -0.05) is 42.5 Å². The first-order valence-electron chi connectivity index (χ1n) is 9.18. The molecule has 5 heteroatoms. The van der Waals surface area contributed by atoms with Gasteiger partial charge in [0.05, 0.1) is 12.1 Å². The summed E-state index contributed by atoms with van der Waals surface area (Å²) in [5.41, 5.74) is 2.13. The van der Waals surface area contributed by atoms with Crippen LogP contribution in [0.25, 0.3) is 11.1 Å². The lowest BCUT2D eigenvalue weighted by Crippen LogP contribution is -2.34. The second-order valence-electron chi connectivity index (χ2n) is 6.67. The SMILES string of the molecule is O=C1c2ccc(-c3ccccc3F)cc2OCCN1CCc1ccccc1F. The molecule has 28 heavy (non-hydrogen) atoms. The Morgan fingerprint density at radius 1 is 0.893 bits per heavy atom. The fourth-order valence-corrected chi connectivity index (χ4v) is 3.39. The molecule has 0 N–H and O–H groups in total. The summed E-state index contributed by atoms with van der Waals surface area (Å²) < 4.78 is 33.7. The normalized spacial score (nSPS) is 13.6. The number of hydrogen-bond acceptors (Lipinski definition) is 2. The average Bonchev–Trinajstić information content (AvgIpc) is 2.86. The lowest BCUT2D eigenvalue weighted by atomic mass is 10.0. The molecule has 0 aromatic heterocycles. The van der Waals surface area contributed by atoms with Gasteiger partial charge in [0.15, 0.2) is 0 Å². The number of benzene rings is 3. The number of nitrogens with zero attached hydrogens (tertiary/aromatic N) is 1. The van der Waals surface area contributed by atoms with Crippen molar-refractivity contribution in [2.24, 2.45) is 0 Å². The summed E-state index contributed by atoms with van der Waals surface area (Å²) in [7, 11) is 0. The third-order valence-corrected chi connectivity index (χ3v) is 4.91. The van der Waals surface area contributed by atoms with Crippen molar-refractivity contribution < 1.29 is 18.3 Å². The van der Waals surface area contributed by atoms with Crippen LogP contribution in [-0.2, 0) is 6.42 Å². The van der Waals surface area contributed by atoms with Crippen LogP contribution in [0.4, 0.5) is 8.78 Å². The Morgan fingerprint density at radius 2 is 1.64 bits per heavy atom. The zero-order chi connectivity index (χ0) is 19.5. The predicted octanol–water partition coefficient (Wildman–Crippen LogP) is 4.71. The number of rotatable bonds is 4. The molecule has 1 heterocycles. The minimum absolute atomic E-state index is 0.163. The number of amides is 1. The molecular weight excluding hydrogens is 360 g/mol. The van der Waals surface area contributed by atoms with Gasteiger partial charge in [0.1, 0.15) is 24.0 Å². The number of hydrogen-bond donors (Lipinski definition) is 0. The van der Waals surface area contributed by atoms with Crippen molar-refractivity contribution in [2.75, 3.05) is 19.7 Å². The third kappa shape index (κ3) is 3.60. The fraction of sp³-hybridized carbons (Fsp3) is 0.174. The van der Waals surface area contributed by atoms with Crippen molar-refractivity contribution in [1.29, 1.82) is 0 Å². The Hall–Kier alpha value is -3.21. The van der Waals surface area contributed by atoms with E-state index in [1.54, 1.807) is 59.5 Å². The molecule has 3 aromatic rings. The Labute approximate surface area is 162 Å². The highest BCUT2D eigenvalue weighted by Gasteiger charge is 2.24. The van der Waals surface area contributed by atoms with Gasteiger partial charge < -0.3 is 9.64 Å². The monoisotopic (exact) mass is 379 g/mol. The first-order chi connectivity index (χ1) is 13.6. The molecule has 0 unspecified atom stereocenters. The second kappa shape index (κ2) is 7.80. The molecule has 0 spiro atoms. The summed E-state index contributed by atoms with van der Waals surface area (Å²) in [4.78, 5) is 14.6. The van der Waals surface area contributed by atoms with Gasteiger partial charge in [-0.3, -0.25) is 4.79 Å². The van der Waals surface area contributed by atoms with Crippen molar-refractivity contribution in [3.05, 3.63) is 89.5 Å². The van der Waals surface area contributed by atoms with E-state index in [9.17, 15) is 13.6 Å². The zero-order valence-corrected chi connectivity index (χ0v) is 15.2. The minimum Gasteiger partial charge on any atom is -0.491 e. The quantitative estimate of drug-likeness (QED) is 0.657. The van der Waals surface area contributed by atoms with Crippen LogP contribution in [0.3, 0.4) is 0 Å². The number of carbonyl (C=O) groups is 1. The van der Waals surface area contributed by atoms with E-state index in [4.69, 9.17) is 4.74 Å². The topological polar surface area (TPSA) is 29.5 Å². The standard InChI is InChI=1S/C23H19F2NO2/c24-20-7-3-1-5-16(20)11-12-26-13-14-28-22-15-17(9-10-19(22)23(26)27)18-6-2-4-8-21(18)25/h1-10,15H,11-14H2. The summed E-state index contributed by atoms with van der Waals surface area (Å²) in [6.45, 7) is 1.14. The molecule has 0 saturated heterocycles. The van der Waals surface area contributed by atoms with Crippen LogP contribution in [0.5, 0.6) is 5.75 Å². The maximum atomic E-state index is 14.1. The molecule has 0 bridgehead atoms. The lowest BCUT2D eigenvalue weighted by Gasteiger charge is -2.20. The molecule has 1 aliphatic rings. The summed E-state index contributed by atoms with van der Waals surface area (Å²) in [5.74, 6) is -0.312. The first-order valence-corrected chi connectivity index (χ1v) is 9.18. The van der Waals surface area contributed by atoms with Gasteiger partial charge in [-0.2, -0.15) is 0 Å². The van der Waals surface area contributed by atoms with E-state index in [0.29, 0.717) is 54.1 Å². The molecular formula is C23H19F2NO2. The number of halogens is 2. The second-order valence-corrected chi connectivity index (χ2v) is 6.67. The highest BCUT2D eigenvalue weighted by molar-refractivity contribution is 5.98. The van der Waals surface area contributed by atoms with E-state index >= 15 is 0 Å². The van der Waals surface area contributed by atoms with Crippen molar-refractivity contribution in [3.8, 4) is 16.9 Å². The highest BCUT2D eigenvalue weighted by Crippen LogP contribution is 2.31. The molecule has 1 amide bonds. The van der Waals surface area contributed by atoms with Gasteiger partial charge in [-0.25, -0.2) is 8.78 Å². The van der Waals surface area contributed by atoms with Gasteiger partial charge in [0.25, 0.3) is 5.91 Å². The van der Waals surface area contributed by atoms with Crippen molar-refractivity contribution >= 4 is 5.91 Å². The van der Waals surface area contributed by atoms with Crippen molar-refractivity contribution in [2.45, 2.75) is 6.42 Å². The zero-order valence-electron chi connectivity index (χ0n) is 15.2. The maximum absolute atomic E-state index is 14.1. The van der Waals surface area contributed by atoms with E-state index in [-0.39, 0.29) is 17.5 Å². The first kappa shape index (κ1) is 18.2. The molecule has 0 fully saturated rings. The Kier molecular flexibility index (Phi) is 5.06. The van der Waals surface area contributed by atoms with E-state index < -0.39 is 0 Å². The summed E-state index contributed by atoms with van der Waals surface area (Å²) in [5, 5.41) is 0. The summed E-state index contributed by atoms with van der Waals surface area (Å²) in [6, 6.07) is 18.2. The summed E-state index contributed by atoms with van der Waals surface area (Å²) >= 11 is 0. The highest BCUT2D eigenvalue weighted by atomic mass is 19.1. The molecule has 0 radical (unpaired) electrons. The predicted molar refractivity (Wildman–Crippen MR) is 103 cm³/mol. The van der Waals surface area contributed by atoms with Crippen molar-refractivity contribution in [3.63, 3.8) is 0 Å². The Bertz CT molecular complexity index is 1020. The molecule has 4 rings (SSSR count). The van der Waals surface area contributed by atoms with E-state index in [1.807, 2.05) is 0 Å². The molecule has 3 nitrogen and oxygen atoms in total. The molecule has 1 aliphatic heterocycles. The average molecular weight is 379 g/mol. The van der Waals surface area contributed by atoms with E-state index in [2.05, 4.69) is 0 Å². The van der Waals surface area contributed by atoms with Crippen LogP contribution >= 0.6 is 0 Å². The summed E-state index contributed by atoms with van der Waals surface area (Å²) in [6.07, 6.45) is 0.432. The van der Waals surface area contributed by atoms with Gasteiger partial charge in [-0.05, 0) is 41.8 Å². The molecule has 3 aromatic carbocycles. The molecule has 0 aliphatic carbocycles. The lowest BCUT2D eigenvalue weighted by molar-refractivity contribution is 0.0757. The molecule has 0 atom stereocenters. The van der Waals surface area contributed by atoms with Gasteiger partial charge in [0, 0.05) is 12.1 Å². The molecule has 142 valence electrons. The van der Waals surface area contributed by atoms with E-state index in [0.717, 1.165) is 0 Å². The third-order valence-electron chi connectivity index (χ3n) is 4.91. The van der Waals surface area contributed by atoms with E-state index in [1.165, 1.54) is 12.1 Å². The van der Waals surface area contributed by atoms with Crippen molar-refractivity contribution in [1.82, 2.24) is 4.90 Å². The Balaban J connectivity index is 1.56. The van der Waals surface area contributed by atoms with Crippen LogP contribution < -0.4 is 4.74 Å². The van der Waals surface area contributed by atoms with Gasteiger partial charge in [-0.15, -0.1) is 0 Å². The van der Waals surface area contributed by atoms with Gasteiger partial charge in [0.2, 0.25) is 0 Å². The number of carbonyl (C=O) groups excluding carboxylic acids is 1. The smallest absolute Gasteiger partial charge is 0.257 e. The Morgan fingerprint density at radius 3 is 2.43 bits per heavy atom.